The van der Waals surface area contributed by atoms with Gasteiger partial charge < -0.3 is 5.32 Å². The number of rotatable bonds is 2. The number of aromatic nitrogens is 2. The van der Waals surface area contributed by atoms with Gasteiger partial charge in [0.05, 0.1) is 31.7 Å². The summed E-state index contributed by atoms with van der Waals surface area (Å²) >= 11 is 11.9. The third kappa shape index (κ3) is 2.84. The first-order valence-electron chi connectivity index (χ1n) is 6.34. The molecule has 0 bridgehead atoms. The normalized spacial score (nSPS) is 10.7. The van der Waals surface area contributed by atoms with Crippen molar-refractivity contribution >= 4 is 51.6 Å². The molecule has 0 radical (unpaired) electrons. The van der Waals surface area contributed by atoms with E-state index in [-0.39, 0.29) is 10.7 Å². The van der Waals surface area contributed by atoms with Gasteiger partial charge in [0.1, 0.15) is 6.33 Å². The lowest BCUT2D eigenvalue weighted by Gasteiger charge is -2.08. The smallest absolute Gasteiger partial charge is 0.306 e. The summed E-state index contributed by atoms with van der Waals surface area (Å²) in [4.78, 5) is 26.7. The Morgan fingerprint density at radius 2 is 2.04 bits per heavy atom. The zero-order valence-electron chi connectivity index (χ0n) is 11.4. The van der Waals surface area contributed by atoms with E-state index in [1.807, 2.05) is 0 Å². The van der Waals surface area contributed by atoms with Crippen LogP contribution in [0.15, 0.2) is 42.7 Å². The molecule has 0 saturated heterocycles. The molecular weight excluding hydrogens is 343 g/mol. The monoisotopic (exact) mass is 350 g/mol. The van der Waals surface area contributed by atoms with E-state index in [0.29, 0.717) is 21.7 Å². The number of anilines is 1. The van der Waals surface area contributed by atoms with E-state index in [1.165, 1.54) is 29.1 Å². The Balaban J connectivity index is 1.99. The second kappa shape index (κ2) is 5.86. The van der Waals surface area contributed by atoms with Crippen molar-refractivity contribution in [1.29, 1.82) is 0 Å². The molecule has 0 atom stereocenters. The zero-order chi connectivity index (χ0) is 16.6. The minimum atomic E-state index is -0.558. The molecule has 0 aliphatic carbocycles. The van der Waals surface area contributed by atoms with Crippen molar-refractivity contribution in [3.8, 4) is 0 Å². The topological polar surface area (TPSA) is 90.1 Å². The Bertz CT molecular complexity index is 939. The molecular formula is C14H8Cl2N4O3. The number of nitrogens with zero attached hydrogens (tertiary/aromatic N) is 3. The summed E-state index contributed by atoms with van der Waals surface area (Å²) in [6.07, 6.45) is 1.28. The summed E-state index contributed by atoms with van der Waals surface area (Å²) in [6.45, 7) is 0. The minimum absolute atomic E-state index is 0.132. The van der Waals surface area contributed by atoms with Crippen LogP contribution in [0.3, 0.4) is 0 Å². The van der Waals surface area contributed by atoms with Crippen LogP contribution in [0.1, 0.15) is 0 Å². The van der Waals surface area contributed by atoms with Crippen molar-refractivity contribution in [2.24, 2.45) is 0 Å². The van der Waals surface area contributed by atoms with Gasteiger partial charge in [0, 0.05) is 12.1 Å². The number of non-ortho nitro benzene ring substituents is 1. The number of nitro groups is 1. The highest BCUT2D eigenvalue weighted by Crippen LogP contribution is 2.30. The van der Waals surface area contributed by atoms with Crippen molar-refractivity contribution in [3.05, 3.63) is 62.9 Å². The van der Waals surface area contributed by atoms with Crippen molar-refractivity contribution in [2.45, 2.75) is 0 Å². The largest absolute Gasteiger partial charge is 0.331 e. The maximum atomic E-state index is 12.4. The van der Waals surface area contributed by atoms with Crippen LogP contribution in [0.4, 0.5) is 16.2 Å². The van der Waals surface area contributed by atoms with Crippen LogP contribution >= 0.6 is 23.2 Å². The Hall–Kier alpha value is -2.64. The number of benzene rings is 2. The second-order valence-corrected chi connectivity index (χ2v) is 5.36. The molecule has 1 amide bonds. The fraction of sp³-hybridized carbons (Fsp3) is 0. The third-order valence-electron chi connectivity index (χ3n) is 3.15. The highest BCUT2D eigenvalue weighted by atomic mass is 35.5. The quantitative estimate of drug-likeness (QED) is 0.550. The van der Waals surface area contributed by atoms with Crippen molar-refractivity contribution in [1.82, 2.24) is 9.55 Å². The number of amides is 1. The first-order valence-corrected chi connectivity index (χ1v) is 7.10. The van der Waals surface area contributed by atoms with E-state index < -0.39 is 11.0 Å². The van der Waals surface area contributed by atoms with Crippen LogP contribution in [0.5, 0.6) is 0 Å². The number of imidazole rings is 1. The highest BCUT2D eigenvalue weighted by Gasteiger charge is 2.15. The third-order valence-corrected chi connectivity index (χ3v) is 3.97. The van der Waals surface area contributed by atoms with Gasteiger partial charge in [-0.2, -0.15) is 0 Å². The average molecular weight is 351 g/mol. The molecule has 0 fully saturated rings. The lowest BCUT2D eigenvalue weighted by atomic mass is 10.3. The first kappa shape index (κ1) is 15.3. The molecule has 3 rings (SSSR count). The van der Waals surface area contributed by atoms with Gasteiger partial charge in [-0.25, -0.2) is 9.78 Å². The zero-order valence-corrected chi connectivity index (χ0v) is 12.9. The lowest BCUT2D eigenvalue weighted by Crippen LogP contribution is -2.18. The summed E-state index contributed by atoms with van der Waals surface area (Å²) in [5, 5.41) is 14.0. The van der Waals surface area contributed by atoms with Gasteiger partial charge in [-0.05, 0) is 18.2 Å². The van der Waals surface area contributed by atoms with E-state index in [9.17, 15) is 14.9 Å². The number of carbonyl (C=O) groups excluding carboxylic acids is 1. The average Bonchev–Trinajstić information content (AvgIpc) is 2.94. The molecule has 7 nitrogen and oxygen atoms in total. The van der Waals surface area contributed by atoms with E-state index in [2.05, 4.69) is 10.3 Å². The summed E-state index contributed by atoms with van der Waals surface area (Å²) < 4.78 is 1.17. The molecule has 23 heavy (non-hydrogen) atoms. The fourth-order valence-electron chi connectivity index (χ4n) is 2.05. The summed E-state index contributed by atoms with van der Waals surface area (Å²) in [7, 11) is 0. The highest BCUT2D eigenvalue weighted by molar-refractivity contribution is 6.44. The van der Waals surface area contributed by atoms with E-state index >= 15 is 0 Å². The molecule has 0 aliphatic rings. The number of nitro benzene ring substituents is 1. The Morgan fingerprint density at radius 1 is 1.26 bits per heavy atom. The molecule has 0 aliphatic heterocycles. The standard InChI is InChI=1S/C14H8Cl2N4O3/c15-9-2-1-3-11(13(9)16)18-14(21)19-7-17-10-5-4-8(20(22)23)6-12(10)19/h1-7H,(H,18,21). The van der Waals surface area contributed by atoms with Crippen molar-refractivity contribution in [3.63, 3.8) is 0 Å². The Morgan fingerprint density at radius 3 is 2.78 bits per heavy atom. The maximum absolute atomic E-state index is 12.4. The van der Waals surface area contributed by atoms with Crippen LogP contribution < -0.4 is 5.32 Å². The fourth-order valence-corrected chi connectivity index (χ4v) is 2.40. The number of hydrogen-bond acceptors (Lipinski definition) is 4. The van der Waals surface area contributed by atoms with Crippen LogP contribution in [-0.2, 0) is 0 Å². The second-order valence-electron chi connectivity index (χ2n) is 4.58. The number of nitrogens with one attached hydrogen (secondary N) is 1. The lowest BCUT2D eigenvalue weighted by molar-refractivity contribution is -0.384. The van der Waals surface area contributed by atoms with Gasteiger partial charge in [-0.1, -0.05) is 29.3 Å². The number of hydrogen-bond donors (Lipinski definition) is 1. The minimum Gasteiger partial charge on any atom is -0.306 e. The molecule has 1 aromatic heterocycles. The van der Waals surface area contributed by atoms with Gasteiger partial charge >= 0.3 is 6.03 Å². The van der Waals surface area contributed by atoms with E-state index in [4.69, 9.17) is 23.2 Å². The molecule has 0 spiro atoms. The molecule has 0 unspecified atom stereocenters. The predicted molar refractivity (Wildman–Crippen MR) is 87.3 cm³/mol. The van der Waals surface area contributed by atoms with Crippen LogP contribution in [0, 0.1) is 10.1 Å². The van der Waals surface area contributed by atoms with Crippen molar-refractivity contribution < 1.29 is 9.72 Å². The molecule has 116 valence electrons. The SMILES string of the molecule is O=C(Nc1cccc(Cl)c1Cl)n1cnc2ccc([N+](=O)[O-])cc21. The van der Waals surface area contributed by atoms with E-state index in [0.717, 1.165) is 0 Å². The number of halogens is 2. The Labute approximate surface area is 139 Å². The van der Waals surface area contributed by atoms with Gasteiger partial charge in [0.25, 0.3) is 5.69 Å². The van der Waals surface area contributed by atoms with Crippen LogP contribution in [-0.4, -0.2) is 20.5 Å². The number of fused-ring (bicyclic) bond motifs is 1. The van der Waals surface area contributed by atoms with Crippen LogP contribution in [0.2, 0.25) is 10.0 Å². The first-order chi connectivity index (χ1) is 11.0. The molecule has 1 heterocycles. The Kier molecular flexibility index (Phi) is 3.89. The van der Waals surface area contributed by atoms with Gasteiger partial charge in [-0.15, -0.1) is 0 Å². The summed E-state index contributed by atoms with van der Waals surface area (Å²) in [6, 6.07) is 8.34. The maximum Gasteiger partial charge on any atom is 0.331 e. The van der Waals surface area contributed by atoms with E-state index in [1.54, 1.807) is 18.2 Å². The molecule has 0 saturated carbocycles. The van der Waals surface area contributed by atoms with Crippen molar-refractivity contribution in [2.75, 3.05) is 5.32 Å². The predicted octanol–water partition coefficient (Wildman–Crippen LogP) is 4.33. The number of carbonyl (C=O) groups is 1. The molecule has 1 N–H and O–H groups in total. The van der Waals surface area contributed by atoms with Crippen LogP contribution in [0.25, 0.3) is 11.0 Å². The van der Waals surface area contributed by atoms with Gasteiger partial charge in [0.2, 0.25) is 0 Å². The molecule has 2 aromatic carbocycles. The summed E-state index contributed by atoms with van der Waals surface area (Å²) in [5.41, 5.74) is 0.974. The van der Waals surface area contributed by atoms with Gasteiger partial charge in [-0.3, -0.25) is 14.7 Å². The molecule has 9 heteroatoms. The summed E-state index contributed by atoms with van der Waals surface area (Å²) in [5.74, 6) is 0. The van der Waals surface area contributed by atoms with Gasteiger partial charge in [0.15, 0.2) is 0 Å². The molecule has 3 aromatic rings.